The van der Waals surface area contributed by atoms with Gasteiger partial charge in [0, 0.05) is 5.75 Å². The van der Waals surface area contributed by atoms with Crippen molar-refractivity contribution < 1.29 is 9.53 Å². The predicted molar refractivity (Wildman–Crippen MR) is 79.8 cm³/mol. The molecule has 2 rings (SSSR count). The van der Waals surface area contributed by atoms with Crippen molar-refractivity contribution in [1.29, 1.82) is 0 Å². The van der Waals surface area contributed by atoms with E-state index >= 15 is 0 Å². The first-order chi connectivity index (χ1) is 9.11. The molecule has 0 atom stereocenters. The number of thioether (sulfide) groups is 1. The molecule has 0 N–H and O–H groups in total. The molecule has 0 saturated heterocycles. The van der Waals surface area contributed by atoms with E-state index in [1.807, 2.05) is 0 Å². The lowest BCUT2D eigenvalue weighted by atomic mass is 10.3. The van der Waals surface area contributed by atoms with E-state index in [0.717, 1.165) is 21.7 Å². The molecule has 0 aliphatic carbocycles. The Balaban J connectivity index is 2.36. The van der Waals surface area contributed by atoms with Gasteiger partial charge in [0.25, 0.3) is 0 Å². The first-order valence-corrected chi connectivity index (χ1v) is 8.06. The van der Waals surface area contributed by atoms with Crippen LogP contribution in [0.25, 0.3) is 10.2 Å². The Morgan fingerprint density at radius 2 is 2.32 bits per heavy atom. The van der Waals surface area contributed by atoms with E-state index in [0.29, 0.717) is 17.6 Å². The molecule has 0 saturated carbocycles. The summed E-state index contributed by atoms with van der Waals surface area (Å²) in [6.45, 7) is 6.42. The summed E-state index contributed by atoms with van der Waals surface area (Å²) in [5, 5.41) is 0.515. The Morgan fingerprint density at radius 1 is 1.53 bits per heavy atom. The number of carbonyl (C=O) groups excluding carboxylic acids is 1. The largest absolute Gasteiger partial charge is 0.461 e. The SMILES string of the molecule is CCOC(=O)c1cc2scnc2c(CSC(C)C)n1. The number of fused-ring (bicyclic) bond motifs is 1. The Morgan fingerprint density at radius 3 is 3.00 bits per heavy atom. The van der Waals surface area contributed by atoms with Crippen LogP contribution < -0.4 is 0 Å². The van der Waals surface area contributed by atoms with E-state index < -0.39 is 0 Å². The lowest BCUT2D eigenvalue weighted by Gasteiger charge is -2.07. The quantitative estimate of drug-likeness (QED) is 0.790. The number of ether oxygens (including phenoxy) is 1. The number of aromatic nitrogens is 2. The van der Waals surface area contributed by atoms with Crippen LogP contribution in [0.5, 0.6) is 0 Å². The molecule has 2 aromatic heterocycles. The maximum absolute atomic E-state index is 11.8. The standard InChI is InChI=1S/C13H16N2O2S2/c1-4-17-13(16)9-5-11-12(14-7-19-11)10(15-9)6-18-8(2)3/h5,7-8H,4,6H2,1-3H3. The zero-order valence-corrected chi connectivity index (χ0v) is 12.8. The highest BCUT2D eigenvalue weighted by atomic mass is 32.2. The van der Waals surface area contributed by atoms with Gasteiger partial charge in [0.1, 0.15) is 11.2 Å². The van der Waals surface area contributed by atoms with Gasteiger partial charge in [-0.1, -0.05) is 13.8 Å². The highest BCUT2D eigenvalue weighted by molar-refractivity contribution is 7.99. The van der Waals surface area contributed by atoms with Crippen LogP contribution in [0, 0.1) is 0 Å². The summed E-state index contributed by atoms with van der Waals surface area (Å²) >= 11 is 3.30. The smallest absolute Gasteiger partial charge is 0.356 e. The molecular formula is C13H16N2O2S2. The fourth-order valence-corrected chi connectivity index (χ4v) is 3.01. The molecule has 0 aromatic carbocycles. The Labute approximate surface area is 120 Å². The minimum absolute atomic E-state index is 0.358. The third kappa shape index (κ3) is 3.45. The van der Waals surface area contributed by atoms with Crippen molar-refractivity contribution >= 4 is 39.3 Å². The fraction of sp³-hybridized carbons (Fsp3) is 0.462. The van der Waals surface area contributed by atoms with Gasteiger partial charge in [-0.2, -0.15) is 11.8 Å². The minimum atomic E-state index is -0.367. The number of hydrogen-bond donors (Lipinski definition) is 0. The van der Waals surface area contributed by atoms with Gasteiger partial charge in [-0.05, 0) is 18.2 Å². The van der Waals surface area contributed by atoms with Crippen molar-refractivity contribution in [3.63, 3.8) is 0 Å². The third-order valence-corrected chi connectivity index (χ3v) is 4.31. The molecule has 0 bridgehead atoms. The molecule has 0 aliphatic heterocycles. The van der Waals surface area contributed by atoms with Crippen LogP contribution >= 0.6 is 23.1 Å². The van der Waals surface area contributed by atoms with E-state index in [-0.39, 0.29) is 5.97 Å². The normalized spacial score (nSPS) is 11.2. The molecule has 2 aromatic rings. The number of nitrogens with zero attached hydrogens (tertiary/aromatic N) is 2. The molecule has 0 aliphatic rings. The van der Waals surface area contributed by atoms with Gasteiger partial charge in [0.2, 0.25) is 0 Å². The van der Waals surface area contributed by atoms with Crippen molar-refractivity contribution in [3.05, 3.63) is 23.0 Å². The molecule has 0 amide bonds. The first-order valence-electron chi connectivity index (χ1n) is 6.13. The van der Waals surface area contributed by atoms with E-state index in [1.165, 1.54) is 11.3 Å². The van der Waals surface area contributed by atoms with Gasteiger partial charge >= 0.3 is 5.97 Å². The van der Waals surface area contributed by atoms with E-state index in [2.05, 4.69) is 23.8 Å². The molecule has 6 heteroatoms. The highest BCUT2D eigenvalue weighted by Crippen LogP contribution is 2.26. The topological polar surface area (TPSA) is 52.1 Å². The van der Waals surface area contributed by atoms with Gasteiger partial charge in [-0.3, -0.25) is 0 Å². The summed E-state index contributed by atoms with van der Waals surface area (Å²) in [5.41, 5.74) is 3.91. The molecule has 4 nitrogen and oxygen atoms in total. The second kappa shape index (κ2) is 6.34. The van der Waals surface area contributed by atoms with Gasteiger partial charge in [0.05, 0.1) is 22.5 Å². The number of esters is 1. The third-order valence-electron chi connectivity index (χ3n) is 2.43. The maximum atomic E-state index is 11.8. The van der Waals surface area contributed by atoms with Gasteiger partial charge in [-0.25, -0.2) is 14.8 Å². The van der Waals surface area contributed by atoms with Gasteiger partial charge in [0.15, 0.2) is 0 Å². The zero-order chi connectivity index (χ0) is 13.8. The fourth-order valence-electron chi connectivity index (χ4n) is 1.59. The summed E-state index contributed by atoms with van der Waals surface area (Å²) in [5.74, 6) is 0.388. The molecule has 0 fully saturated rings. The molecule has 2 heterocycles. The van der Waals surface area contributed by atoms with Gasteiger partial charge < -0.3 is 4.74 Å². The number of carbonyl (C=O) groups is 1. The van der Waals surface area contributed by atoms with Crippen molar-refractivity contribution in [3.8, 4) is 0 Å². The van der Waals surface area contributed by atoms with Crippen LogP contribution in [-0.2, 0) is 10.5 Å². The number of rotatable bonds is 5. The summed E-state index contributed by atoms with van der Waals surface area (Å²) in [6, 6.07) is 1.76. The van der Waals surface area contributed by atoms with E-state index in [9.17, 15) is 4.79 Å². The first kappa shape index (κ1) is 14.3. The average Bonchev–Trinajstić information content (AvgIpc) is 2.84. The summed E-state index contributed by atoms with van der Waals surface area (Å²) in [6.07, 6.45) is 0. The highest BCUT2D eigenvalue weighted by Gasteiger charge is 2.15. The second-order valence-corrected chi connectivity index (χ2v) is 6.68. The van der Waals surface area contributed by atoms with Crippen LogP contribution in [-0.4, -0.2) is 27.8 Å². The Kier molecular flexibility index (Phi) is 4.76. The molecule has 0 unspecified atom stereocenters. The molecular weight excluding hydrogens is 280 g/mol. The number of pyridine rings is 1. The average molecular weight is 296 g/mol. The van der Waals surface area contributed by atoms with Crippen LogP contribution in [0.1, 0.15) is 37.0 Å². The monoisotopic (exact) mass is 296 g/mol. The molecule has 19 heavy (non-hydrogen) atoms. The van der Waals surface area contributed by atoms with Crippen molar-refractivity contribution in [1.82, 2.24) is 9.97 Å². The maximum Gasteiger partial charge on any atom is 0.356 e. The van der Waals surface area contributed by atoms with Crippen LogP contribution in [0.2, 0.25) is 0 Å². The van der Waals surface area contributed by atoms with Gasteiger partial charge in [-0.15, -0.1) is 11.3 Å². The van der Waals surface area contributed by atoms with Crippen LogP contribution in [0.4, 0.5) is 0 Å². The Bertz CT molecular complexity index is 581. The summed E-state index contributed by atoms with van der Waals surface area (Å²) in [7, 11) is 0. The molecule has 0 radical (unpaired) electrons. The van der Waals surface area contributed by atoms with Crippen molar-refractivity contribution in [2.75, 3.05) is 6.61 Å². The zero-order valence-electron chi connectivity index (χ0n) is 11.2. The number of hydrogen-bond acceptors (Lipinski definition) is 6. The summed E-state index contributed by atoms with van der Waals surface area (Å²) in [4.78, 5) is 20.5. The second-order valence-electron chi connectivity index (χ2n) is 4.23. The van der Waals surface area contributed by atoms with Crippen LogP contribution in [0.15, 0.2) is 11.6 Å². The number of thiazole rings is 1. The Hall–Kier alpha value is -1.14. The van der Waals surface area contributed by atoms with Crippen LogP contribution in [0.3, 0.4) is 0 Å². The van der Waals surface area contributed by atoms with E-state index in [1.54, 1.807) is 30.3 Å². The van der Waals surface area contributed by atoms with Crippen molar-refractivity contribution in [2.45, 2.75) is 31.8 Å². The molecule has 102 valence electrons. The lowest BCUT2D eigenvalue weighted by Crippen LogP contribution is -2.08. The minimum Gasteiger partial charge on any atom is -0.461 e. The van der Waals surface area contributed by atoms with Crippen molar-refractivity contribution in [2.24, 2.45) is 0 Å². The van der Waals surface area contributed by atoms with E-state index in [4.69, 9.17) is 4.74 Å². The molecule has 0 spiro atoms. The predicted octanol–water partition coefficient (Wildman–Crippen LogP) is 3.51. The summed E-state index contributed by atoms with van der Waals surface area (Å²) < 4.78 is 5.99. The lowest BCUT2D eigenvalue weighted by molar-refractivity contribution is 0.0519.